The summed E-state index contributed by atoms with van der Waals surface area (Å²) in [6, 6.07) is 0. The summed E-state index contributed by atoms with van der Waals surface area (Å²) >= 11 is 4.56. The summed E-state index contributed by atoms with van der Waals surface area (Å²) in [5.74, 6) is 2.77. The van der Waals surface area contributed by atoms with Gasteiger partial charge < -0.3 is 0 Å². The van der Waals surface area contributed by atoms with Crippen LogP contribution in [-0.2, 0) is 0 Å². The minimum Gasteiger partial charge on any atom is -0.176 e. The second-order valence-corrected chi connectivity index (χ2v) is 5.86. The Balaban J connectivity index is 2.03. The van der Waals surface area contributed by atoms with Gasteiger partial charge in [-0.3, -0.25) is 0 Å². The highest BCUT2D eigenvalue weighted by atomic mass is 32.1. The summed E-state index contributed by atoms with van der Waals surface area (Å²) in [5.41, 5.74) is 0. The van der Waals surface area contributed by atoms with Crippen LogP contribution < -0.4 is 0 Å². The predicted molar refractivity (Wildman–Crippen MR) is 68.0 cm³/mol. The second-order valence-electron chi connectivity index (χ2n) is 5.20. The van der Waals surface area contributed by atoms with Gasteiger partial charge in [0.05, 0.1) is 0 Å². The van der Waals surface area contributed by atoms with Crippen molar-refractivity contribution < 1.29 is 0 Å². The van der Waals surface area contributed by atoms with Crippen LogP contribution in [0.3, 0.4) is 0 Å². The molecule has 1 rings (SSSR count). The summed E-state index contributed by atoms with van der Waals surface area (Å²) in [5, 5.41) is 0.730. The summed E-state index contributed by atoms with van der Waals surface area (Å²) < 4.78 is 0. The van der Waals surface area contributed by atoms with Crippen molar-refractivity contribution in [3.05, 3.63) is 0 Å². The molecule has 4 atom stereocenters. The first-order chi connectivity index (χ1) is 6.65. The number of hydrogen-bond donors (Lipinski definition) is 1. The molecular formula is C13H26S. The lowest BCUT2D eigenvalue weighted by molar-refractivity contribution is 0.278. The molecule has 0 aliphatic heterocycles. The Bertz CT molecular complexity index is 155. The van der Waals surface area contributed by atoms with Gasteiger partial charge in [-0.05, 0) is 37.0 Å². The van der Waals surface area contributed by atoms with E-state index in [4.69, 9.17) is 0 Å². The van der Waals surface area contributed by atoms with E-state index in [1.165, 1.54) is 38.5 Å². The molecule has 0 nitrogen and oxygen atoms in total. The molecule has 0 heterocycles. The van der Waals surface area contributed by atoms with Crippen molar-refractivity contribution >= 4 is 12.6 Å². The third kappa shape index (κ3) is 3.49. The van der Waals surface area contributed by atoms with Gasteiger partial charge in [0, 0.05) is 5.25 Å². The lowest BCUT2D eigenvalue weighted by Gasteiger charge is -2.33. The maximum Gasteiger partial charge on any atom is 0.00452 e. The molecule has 0 aromatic carbocycles. The maximum absolute atomic E-state index is 4.56. The Morgan fingerprint density at radius 1 is 1.21 bits per heavy atom. The maximum atomic E-state index is 4.56. The molecule has 0 aromatic rings. The Labute approximate surface area is 95.3 Å². The van der Waals surface area contributed by atoms with Crippen LogP contribution in [0.4, 0.5) is 0 Å². The van der Waals surface area contributed by atoms with E-state index in [0.717, 1.165) is 23.0 Å². The fourth-order valence-electron chi connectivity index (χ4n) is 2.28. The van der Waals surface area contributed by atoms with Crippen molar-refractivity contribution in [2.45, 2.75) is 64.5 Å². The van der Waals surface area contributed by atoms with E-state index in [2.05, 4.69) is 33.4 Å². The first-order valence-corrected chi connectivity index (χ1v) is 6.84. The minimum absolute atomic E-state index is 0.730. The molecule has 1 aliphatic rings. The molecule has 0 saturated heterocycles. The van der Waals surface area contributed by atoms with Gasteiger partial charge in [0.15, 0.2) is 0 Å². The van der Waals surface area contributed by atoms with Gasteiger partial charge in [-0.15, -0.1) is 0 Å². The van der Waals surface area contributed by atoms with Gasteiger partial charge in [-0.25, -0.2) is 0 Å². The molecule has 84 valence electrons. The molecule has 14 heavy (non-hydrogen) atoms. The third-order valence-electron chi connectivity index (χ3n) is 4.23. The average Bonchev–Trinajstić information content (AvgIpc) is 2.20. The van der Waals surface area contributed by atoms with Crippen LogP contribution in [0.5, 0.6) is 0 Å². The van der Waals surface area contributed by atoms with Crippen molar-refractivity contribution in [3.8, 4) is 0 Å². The Hall–Kier alpha value is 0.350. The zero-order valence-electron chi connectivity index (χ0n) is 10.00. The highest BCUT2D eigenvalue weighted by Crippen LogP contribution is 2.36. The Morgan fingerprint density at radius 2 is 1.93 bits per heavy atom. The van der Waals surface area contributed by atoms with Gasteiger partial charge >= 0.3 is 0 Å². The zero-order valence-corrected chi connectivity index (χ0v) is 10.9. The first kappa shape index (κ1) is 12.4. The largest absolute Gasteiger partial charge is 0.176 e. The lowest BCUT2D eigenvalue weighted by atomic mass is 9.79. The van der Waals surface area contributed by atoms with Gasteiger partial charge in [0.1, 0.15) is 0 Å². The topological polar surface area (TPSA) is 0 Å². The molecule has 4 unspecified atom stereocenters. The van der Waals surface area contributed by atoms with Gasteiger partial charge in [0.25, 0.3) is 0 Å². The van der Waals surface area contributed by atoms with Crippen LogP contribution in [0, 0.1) is 17.8 Å². The summed E-state index contributed by atoms with van der Waals surface area (Å²) in [7, 11) is 0. The first-order valence-electron chi connectivity index (χ1n) is 6.33. The molecule has 0 bridgehead atoms. The summed E-state index contributed by atoms with van der Waals surface area (Å²) in [4.78, 5) is 0. The molecule has 1 saturated carbocycles. The molecule has 1 aliphatic carbocycles. The van der Waals surface area contributed by atoms with Crippen molar-refractivity contribution in [2.75, 3.05) is 0 Å². The van der Waals surface area contributed by atoms with Crippen molar-refractivity contribution in [1.29, 1.82) is 0 Å². The number of hydrogen-bond acceptors (Lipinski definition) is 1. The fourth-order valence-corrected chi connectivity index (χ4v) is 2.72. The van der Waals surface area contributed by atoms with E-state index >= 15 is 0 Å². The standard InChI is InChI=1S/C13H26S/c1-4-10(2)11(3)6-5-7-12-8-9-13(12)14/h10-14H,4-9H2,1-3H3. The summed E-state index contributed by atoms with van der Waals surface area (Å²) in [6.45, 7) is 7.10. The van der Waals surface area contributed by atoms with Gasteiger partial charge in [-0.1, -0.05) is 40.0 Å². The van der Waals surface area contributed by atoms with Crippen molar-refractivity contribution in [3.63, 3.8) is 0 Å². The monoisotopic (exact) mass is 214 g/mol. The molecule has 1 fully saturated rings. The highest BCUT2D eigenvalue weighted by molar-refractivity contribution is 7.81. The normalized spacial score (nSPS) is 30.9. The van der Waals surface area contributed by atoms with Crippen LogP contribution in [-0.4, -0.2) is 5.25 Å². The van der Waals surface area contributed by atoms with E-state index in [1.54, 1.807) is 0 Å². The molecule has 1 heteroatoms. The van der Waals surface area contributed by atoms with Crippen LogP contribution >= 0.6 is 12.6 Å². The van der Waals surface area contributed by atoms with Gasteiger partial charge in [-0.2, -0.15) is 12.6 Å². The molecule has 0 amide bonds. The number of rotatable bonds is 6. The van der Waals surface area contributed by atoms with E-state index in [-0.39, 0.29) is 0 Å². The average molecular weight is 214 g/mol. The summed E-state index contributed by atoms with van der Waals surface area (Å²) in [6.07, 6.45) is 8.40. The zero-order chi connectivity index (χ0) is 10.6. The molecule has 0 aromatic heterocycles. The smallest absolute Gasteiger partial charge is 0.00452 e. The van der Waals surface area contributed by atoms with E-state index < -0.39 is 0 Å². The minimum atomic E-state index is 0.730. The van der Waals surface area contributed by atoms with E-state index in [0.29, 0.717) is 0 Å². The van der Waals surface area contributed by atoms with Crippen molar-refractivity contribution in [2.24, 2.45) is 17.8 Å². The predicted octanol–water partition coefficient (Wildman–Crippen LogP) is 4.55. The molecular weight excluding hydrogens is 188 g/mol. The highest BCUT2D eigenvalue weighted by Gasteiger charge is 2.26. The fraction of sp³-hybridized carbons (Fsp3) is 1.00. The quantitative estimate of drug-likeness (QED) is 0.616. The molecule has 0 spiro atoms. The number of thiol groups is 1. The van der Waals surface area contributed by atoms with E-state index in [1.807, 2.05) is 0 Å². The van der Waals surface area contributed by atoms with Crippen LogP contribution in [0.15, 0.2) is 0 Å². The van der Waals surface area contributed by atoms with Crippen LogP contribution in [0.2, 0.25) is 0 Å². The third-order valence-corrected chi connectivity index (χ3v) is 4.91. The SMILES string of the molecule is CCC(C)C(C)CCCC1CCC1S. The van der Waals surface area contributed by atoms with Gasteiger partial charge in [0.2, 0.25) is 0 Å². The lowest BCUT2D eigenvalue weighted by Crippen LogP contribution is -2.26. The Kier molecular flexibility index (Phi) is 5.36. The Morgan fingerprint density at radius 3 is 2.36 bits per heavy atom. The molecule has 0 N–H and O–H groups in total. The second kappa shape index (κ2) is 6.05. The van der Waals surface area contributed by atoms with E-state index in [9.17, 15) is 0 Å². The molecule has 0 radical (unpaired) electrons. The van der Waals surface area contributed by atoms with Crippen LogP contribution in [0.1, 0.15) is 59.3 Å². The van der Waals surface area contributed by atoms with Crippen molar-refractivity contribution in [1.82, 2.24) is 0 Å². The van der Waals surface area contributed by atoms with Crippen LogP contribution in [0.25, 0.3) is 0 Å².